The van der Waals surface area contributed by atoms with Crippen LogP contribution in [0.25, 0.3) is 0 Å². The summed E-state index contributed by atoms with van der Waals surface area (Å²) in [6.45, 7) is 13.1. The van der Waals surface area contributed by atoms with Gasteiger partial charge in [0, 0.05) is 18.1 Å². The Hall–Kier alpha value is -4.08. The molecule has 3 aromatic carbocycles. The number of carbonyl (C=O) groups is 2. The van der Waals surface area contributed by atoms with E-state index in [0.717, 1.165) is 24.2 Å². The number of aliphatic hydroxyl groups is 1. The van der Waals surface area contributed by atoms with Crippen LogP contribution in [0.1, 0.15) is 81.4 Å². The average Bonchev–Trinajstić information content (AvgIpc) is 2.99. The molecule has 8 nitrogen and oxygen atoms in total. The van der Waals surface area contributed by atoms with Gasteiger partial charge in [0.15, 0.2) is 5.78 Å². The third-order valence-corrected chi connectivity index (χ3v) is 7.51. The SMILES string of the molecule is CCNC(=O)C(N)=C([B]OC(C)(C)C(C)(C)O)C(=O)c1cc(C(C)C)c(OCc2ccccc2)cc1OCc1ccccc1. The van der Waals surface area contributed by atoms with Crippen molar-refractivity contribution < 1.29 is 28.8 Å². The number of likely N-dealkylation sites (N-methyl/N-ethyl adjacent to an activating group) is 1. The van der Waals surface area contributed by atoms with Crippen molar-refractivity contribution >= 4 is 19.2 Å². The summed E-state index contributed by atoms with van der Waals surface area (Å²) >= 11 is 0. The molecule has 233 valence electrons. The fraction of sp³-hybridized carbons (Fsp3) is 0.371. The molecule has 9 heteroatoms. The Kier molecular flexibility index (Phi) is 11.8. The van der Waals surface area contributed by atoms with Gasteiger partial charge in [0.25, 0.3) is 5.91 Å². The number of carbonyl (C=O) groups excluding carboxylic acids is 2. The van der Waals surface area contributed by atoms with Crippen molar-refractivity contribution in [1.29, 1.82) is 0 Å². The molecule has 0 fully saturated rings. The summed E-state index contributed by atoms with van der Waals surface area (Å²) < 4.78 is 18.4. The van der Waals surface area contributed by atoms with E-state index in [2.05, 4.69) is 5.32 Å². The fourth-order valence-electron chi connectivity index (χ4n) is 4.03. The number of amides is 1. The second-order valence-electron chi connectivity index (χ2n) is 11.9. The van der Waals surface area contributed by atoms with Crippen LogP contribution < -0.4 is 20.5 Å². The number of hydrogen-bond donors (Lipinski definition) is 3. The Morgan fingerprint density at radius 2 is 1.41 bits per heavy atom. The zero-order chi connectivity index (χ0) is 32.5. The van der Waals surface area contributed by atoms with Crippen molar-refractivity contribution in [3.05, 3.63) is 106 Å². The van der Waals surface area contributed by atoms with Gasteiger partial charge in [-0.15, -0.1) is 0 Å². The summed E-state index contributed by atoms with van der Waals surface area (Å²) in [7, 11) is 1.15. The van der Waals surface area contributed by atoms with Gasteiger partial charge in [0.2, 0.25) is 0 Å². The lowest BCUT2D eigenvalue weighted by atomic mass is 9.76. The number of allylic oxidation sites excluding steroid dienone is 1. The van der Waals surface area contributed by atoms with Gasteiger partial charge in [-0.1, -0.05) is 74.5 Å². The van der Waals surface area contributed by atoms with E-state index in [0.29, 0.717) is 18.9 Å². The number of ether oxygens (including phenoxy) is 2. The fourth-order valence-corrected chi connectivity index (χ4v) is 4.03. The van der Waals surface area contributed by atoms with Gasteiger partial charge >= 0.3 is 7.48 Å². The van der Waals surface area contributed by atoms with Crippen molar-refractivity contribution in [3.8, 4) is 11.5 Å². The minimum absolute atomic E-state index is 0.0157. The van der Waals surface area contributed by atoms with E-state index in [4.69, 9.17) is 19.9 Å². The first kappa shape index (κ1) is 34.4. The molecule has 1 radical (unpaired) electrons. The molecule has 0 heterocycles. The summed E-state index contributed by atoms with van der Waals surface area (Å²) in [4.78, 5) is 27.2. The number of ketones is 1. The molecule has 0 aliphatic rings. The van der Waals surface area contributed by atoms with Crippen molar-refractivity contribution in [2.75, 3.05) is 6.54 Å². The molecule has 4 N–H and O–H groups in total. The number of Topliss-reactive ketones (excluding diaryl/α,β-unsaturated/α-hetero) is 1. The molecule has 0 saturated carbocycles. The Bertz CT molecular complexity index is 1450. The van der Waals surface area contributed by atoms with Crippen LogP contribution in [0, 0.1) is 0 Å². The lowest BCUT2D eigenvalue weighted by Crippen LogP contribution is -2.48. The summed E-state index contributed by atoms with van der Waals surface area (Å²) in [5.41, 5.74) is 6.30. The predicted molar refractivity (Wildman–Crippen MR) is 174 cm³/mol. The molecule has 3 rings (SSSR count). The van der Waals surface area contributed by atoms with Crippen LogP contribution in [-0.4, -0.2) is 42.0 Å². The molecule has 0 saturated heterocycles. The minimum atomic E-state index is -1.27. The summed E-state index contributed by atoms with van der Waals surface area (Å²) in [5.74, 6) is -0.356. The molecule has 0 spiro atoms. The highest BCUT2D eigenvalue weighted by Gasteiger charge is 2.37. The predicted octanol–water partition coefficient (Wildman–Crippen LogP) is 5.64. The van der Waals surface area contributed by atoms with Crippen molar-refractivity contribution in [1.82, 2.24) is 5.32 Å². The monoisotopic (exact) mass is 599 g/mol. The Morgan fingerprint density at radius 3 is 1.89 bits per heavy atom. The highest BCUT2D eigenvalue weighted by atomic mass is 16.5. The second-order valence-corrected chi connectivity index (χ2v) is 11.9. The molecular weight excluding hydrogens is 555 g/mol. The van der Waals surface area contributed by atoms with Crippen LogP contribution in [0.2, 0.25) is 0 Å². The lowest BCUT2D eigenvalue weighted by molar-refractivity contribution is -0.117. The first-order chi connectivity index (χ1) is 20.7. The molecule has 0 aromatic heterocycles. The Morgan fingerprint density at radius 1 is 0.886 bits per heavy atom. The summed E-state index contributed by atoms with van der Waals surface area (Å²) in [6.07, 6.45) is 0. The van der Waals surface area contributed by atoms with Gasteiger partial charge in [0.05, 0.1) is 22.5 Å². The number of rotatable bonds is 15. The van der Waals surface area contributed by atoms with E-state index in [1.807, 2.05) is 74.5 Å². The van der Waals surface area contributed by atoms with Crippen LogP contribution >= 0.6 is 0 Å². The van der Waals surface area contributed by atoms with E-state index in [-0.39, 0.29) is 35.0 Å². The van der Waals surface area contributed by atoms with Gasteiger partial charge in [0.1, 0.15) is 24.7 Å². The van der Waals surface area contributed by atoms with Crippen molar-refractivity contribution in [2.24, 2.45) is 5.73 Å². The van der Waals surface area contributed by atoms with Crippen LogP contribution in [0.4, 0.5) is 0 Å². The summed E-state index contributed by atoms with van der Waals surface area (Å²) in [5, 5.41) is 13.3. The maximum Gasteiger partial charge on any atom is 0.337 e. The van der Waals surface area contributed by atoms with E-state index in [1.54, 1.807) is 46.8 Å². The largest absolute Gasteiger partial charge is 0.488 e. The van der Waals surface area contributed by atoms with Crippen LogP contribution in [-0.2, 0) is 22.7 Å². The topological polar surface area (TPSA) is 120 Å². The third-order valence-electron chi connectivity index (χ3n) is 7.51. The first-order valence-electron chi connectivity index (χ1n) is 14.8. The molecule has 0 unspecified atom stereocenters. The quantitative estimate of drug-likeness (QED) is 0.117. The zero-order valence-corrected chi connectivity index (χ0v) is 26.8. The summed E-state index contributed by atoms with van der Waals surface area (Å²) in [6, 6.07) is 22.8. The zero-order valence-electron chi connectivity index (χ0n) is 26.8. The van der Waals surface area contributed by atoms with Gasteiger partial charge < -0.3 is 30.3 Å². The van der Waals surface area contributed by atoms with Crippen molar-refractivity contribution in [3.63, 3.8) is 0 Å². The van der Waals surface area contributed by atoms with Gasteiger partial charge in [-0.05, 0) is 63.3 Å². The molecular formula is C35H44BN2O6. The van der Waals surface area contributed by atoms with E-state index < -0.39 is 22.9 Å². The number of nitrogens with one attached hydrogen (secondary N) is 1. The first-order valence-corrected chi connectivity index (χ1v) is 14.8. The molecule has 0 aliphatic heterocycles. The molecule has 3 aromatic rings. The number of hydrogen-bond acceptors (Lipinski definition) is 7. The normalized spacial score (nSPS) is 12.4. The molecule has 0 aliphatic carbocycles. The van der Waals surface area contributed by atoms with Crippen LogP contribution in [0.5, 0.6) is 11.5 Å². The average molecular weight is 600 g/mol. The Labute approximate surface area is 261 Å². The molecule has 0 atom stereocenters. The highest BCUT2D eigenvalue weighted by molar-refractivity contribution is 6.52. The maximum atomic E-state index is 14.3. The number of benzene rings is 3. The lowest BCUT2D eigenvalue weighted by Gasteiger charge is -2.37. The van der Waals surface area contributed by atoms with Crippen molar-refractivity contribution in [2.45, 2.75) is 78.8 Å². The van der Waals surface area contributed by atoms with Crippen LogP contribution in [0.15, 0.2) is 84.0 Å². The van der Waals surface area contributed by atoms with E-state index >= 15 is 0 Å². The molecule has 44 heavy (non-hydrogen) atoms. The smallest absolute Gasteiger partial charge is 0.337 e. The maximum absolute atomic E-state index is 14.3. The standard InChI is InChI=1S/C35H44BN2O6/c1-8-38-33(40)31(37)30(36-44-35(6,7)34(4,5)41)32(39)27-19-26(23(2)3)28(42-21-24-15-11-9-12-16-24)20-29(27)43-22-25-17-13-10-14-18-25/h9-20,23,41H,8,21-22,37H2,1-7H3,(H,38,40). The second kappa shape index (κ2) is 15.1. The van der Waals surface area contributed by atoms with Gasteiger partial charge in [-0.2, -0.15) is 0 Å². The minimum Gasteiger partial charge on any atom is -0.488 e. The van der Waals surface area contributed by atoms with E-state index in [9.17, 15) is 14.7 Å². The molecule has 0 bridgehead atoms. The third kappa shape index (κ3) is 8.97. The van der Waals surface area contributed by atoms with E-state index in [1.165, 1.54) is 0 Å². The van der Waals surface area contributed by atoms with Crippen LogP contribution in [0.3, 0.4) is 0 Å². The Balaban J connectivity index is 2.12. The number of nitrogens with two attached hydrogens (primary N) is 1. The molecule has 1 amide bonds. The van der Waals surface area contributed by atoms with Gasteiger partial charge in [-0.25, -0.2) is 0 Å². The van der Waals surface area contributed by atoms with Gasteiger partial charge in [-0.3, -0.25) is 9.59 Å². The highest BCUT2D eigenvalue weighted by Crippen LogP contribution is 2.36.